The number of rotatable bonds is 7. The number of hydrogen-bond donors (Lipinski definition) is 2. The van der Waals surface area contributed by atoms with Crippen LogP contribution in [0.2, 0.25) is 0 Å². The number of anilines is 3. The standard InChI is InChI=1S/C21H27N3O2/c1-16(2)26-20-8-4-3-7-19(20)23-21(25)15-22-17-9-11-18(12-10-17)24-13-5-6-14-24/h3-4,7-12,16,22H,5-6,13-15H2,1-2H3,(H,23,25). The van der Waals surface area contributed by atoms with E-state index in [-0.39, 0.29) is 18.6 Å². The van der Waals surface area contributed by atoms with Crippen LogP contribution in [-0.4, -0.2) is 31.6 Å². The summed E-state index contributed by atoms with van der Waals surface area (Å²) in [6, 6.07) is 15.8. The molecule has 0 atom stereocenters. The third-order valence-electron chi connectivity index (χ3n) is 4.32. The van der Waals surface area contributed by atoms with E-state index in [9.17, 15) is 4.79 Å². The molecule has 0 saturated carbocycles. The highest BCUT2D eigenvalue weighted by Crippen LogP contribution is 2.25. The fourth-order valence-corrected chi connectivity index (χ4v) is 3.07. The predicted molar refractivity (Wildman–Crippen MR) is 107 cm³/mol. The number of nitrogens with zero attached hydrogens (tertiary/aromatic N) is 1. The molecule has 5 nitrogen and oxygen atoms in total. The van der Waals surface area contributed by atoms with Crippen molar-refractivity contribution in [3.05, 3.63) is 48.5 Å². The maximum absolute atomic E-state index is 12.3. The van der Waals surface area contributed by atoms with Crippen molar-refractivity contribution in [3.63, 3.8) is 0 Å². The first-order valence-corrected chi connectivity index (χ1v) is 9.26. The lowest BCUT2D eigenvalue weighted by molar-refractivity contribution is -0.114. The van der Waals surface area contributed by atoms with Crippen LogP contribution in [0, 0.1) is 0 Å². The van der Waals surface area contributed by atoms with Gasteiger partial charge in [-0.3, -0.25) is 4.79 Å². The molecule has 5 heteroatoms. The number of amides is 1. The molecule has 1 fully saturated rings. The smallest absolute Gasteiger partial charge is 0.243 e. The summed E-state index contributed by atoms with van der Waals surface area (Å²) < 4.78 is 5.73. The maximum atomic E-state index is 12.3. The summed E-state index contributed by atoms with van der Waals surface area (Å²) in [5.74, 6) is 0.583. The average molecular weight is 353 g/mol. The molecule has 1 saturated heterocycles. The van der Waals surface area contributed by atoms with Crippen LogP contribution in [0.1, 0.15) is 26.7 Å². The molecule has 1 heterocycles. The quantitative estimate of drug-likeness (QED) is 0.786. The Labute approximate surface area is 155 Å². The molecule has 1 amide bonds. The van der Waals surface area contributed by atoms with Crippen LogP contribution in [0.15, 0.2) is 48.5 Å². The number of para-hydroxylation sites is 2. The van der Waals surface area contributed by atoms with E-state index in [1.807, 2.05) is 50.2 Å². The Morgan fingerprint density at radius 2 is 1.77 bits per heavy atom. The number of hydrogen-bond acceptors (Lipinski definition) is 4. The highest BCUT2D eigenvalue weighted by atomic mass is 16.5. The van der Waals surface area contributed by atoms with Gasteiger partial charge in [-0.2, -0.15) is 0 Å². The van der Waals surface area contributed by atoms with E-state index in [2.05, 4.69) is 27.7 Å². The minimum atomic E-state index is -0.103. The minimum absolute atomic E-state index is 0.0558. The highest BCUT2D eigenvalue weighted by Gasteiger charge is 2.12. The Kier molecular flexibility index (Phi) is 6.00. The molecule has 2 aromatic rings. The molecule has 138 valence electrons. The molecule has 1 aliphatic rings. The van der Waals surface area contributed by atoms with E-state index in [0.29, 0.717) is 11.4 Å². The normalized spacial score (nSPS) is 13.7. The predicted octanol–water partition coefficient (Wildman–Crippen LogP) is 4.12. The monoisotopic (exact) mass is 353 g/mol. The summed E-state index contributed by atoms with van der Waals surface area (Å²) in [7, 11) is 0. The first-order valence-electron chi connectivity index (χ1n) is 9.26. The van der Waals surface area contributed by atoms with Crippen molar-refractivity contribution in [2.45, 2.75) is 32.8 Å². The van der Waals surface area contributed by atoms with Crippen molar-refractivity contribution < 1.29 is 9.53 Å². The largest absolute Gasteiger partial charge is 0.489 e. The number of ether oxygens (including phenoxy) is 1. The molecule has 1 aliphatic heterocycles. The molecule has 0 spiro atoms. The zero-order chi connectivity index (χ0) is 18.4. The van der Waals surface area contributed by atoms with Crippen LogP contribution in [0.5, 0.6) is 5.75 Å². The van der Waals surface area contributed by atoms with E-state index in [1.165, 1.54) is 18.5 Å². The zero-order valence-corrected chi connectivity index (χ0v) is 15.5. The second-order valence-corrected chi connectivity index (χ2v) is 6.81. The van der Waals surface area contributed by atoms with Crippen LogP contribution in [0.3, 0.4) is 0 Å². The van der Waals surface area contributed by atoms with Crippen LogP contribution in [0.25, 0.3) is 0 Å². The third kappa shape index (κ3) is 4.91. The van der Waals surface area contributed by atoms with Crippen molar-refractivity contribution in [1.29, 1.82) is 0 Å². The van der Waals surface area contributed by atoms with Gasteiger partial charge in [0.15, 0.2) is 0 Å². The van der Waals surface area contributed by atoms with Gasteiger partial charge >= 0.3 is 0 Å². The molecule has 2 aromatic carbocycles. The van der Waals surface area contributed by atoms with Gasteiger partial charge in [-0.05, 0) is 63.1 Å². The number of carbonyl (C=O) groups excluding carboxylic acids is 1. The fraction of sp³-hybridized carbons (Fsp3) is 0.381. The molecule has 0 bridgehead atoms. The molecule has 0 aromatic heterocycles. The highest BCUT2D eigenvalue weighted by molar-refractivity contribution is 5.95. The Balaban J connectivity index is 1.53. The van der Waals surface area contributed by atoms with Gasteiger partial charge in [-0.15, -0.1) is 0 Å². The number of carbonyl (C=O) groups is 1. The lowest BCUT2D eigenvalue weighted by Crippen LogP contribution is -2.22. The second-order valence-electron chi connectivity index (χ2n) is 6.81. The van der Waals surface area contributed by atoms with Crippen molar-refractivity contribution >= 4 is 23.0 Å². The van der Waals surface area contributed by atoms with Gasteiger partial charge in [0.25, 0.3) is 0 Å². The van der Waals surface area contributed by atoms with Gasteiger partial charge in [0.05, 0.1) is 18.3 Å². The topological polar surface area (TPSA) is 53.6 Å². The maximum Gasteiger partial charge on any atom is 0.243 e. The minimum Gasteiger partial charge on any atom is -0.489 e. The Morgan fingerprint density at radius 3 is 2.46 bits per heavy atom. The van der Waals surface area contributed by atoms with E-state index in [1.54, 1.807) is 0 Å². The van der Waals surface area contributed by atoms with Crippen LogP contribution in [-0.2, 0) is 4.79 Å². The van der Waals surface area contributed by atoms with Crippen LogP contribution < -0.4 is 20.3 Å². The molecule has 0 unspecified atom stereocenters. The van der Waals surface area contributed by atoms with Gasteiger partial charge in [0.2, 0.25) is 5.91 Å². The lowest BCUT2D eigenvalue weighted by atomic mass is 10.2. The van der Waals surface area contributed by atoms with Crippen molar-refractivity contribution in [1.82, 2.24) is 0 Å². The van der Waals surface area contributed by atoms with Crippen molar-refractivity contribution in [2.24, 2.45) is 0 Å². The average Bonchev–Trinajstić information content (AvgIpc) is 3.16. The lowest BCUT2D eigenvalue weighted by Gasteiger charge is -2.18. The summed E-state index contributed by atoms with van der Waals surface area (Å²) in [5.41, 5.74) is 2.88. The van der Waals surface area contributed by atoms with E-state index < -0.39 is 0 Å². The Bertz CT molecular complexity index is 722. The van der Waals surface area contributed by atoms with Gasteiger partial charge in [-0.1, -0.05) is 12.1 Å². The van der Waals surface area contributed by atoms with Crippen molar-refractivity contribution in [2.75, 3.05) is 35.2 Å². The van der Waals surface area contributed by atoms with E-state index >= 15 is 0 Å². The van der Waals surface area contributed by atoms with Crippen LogP contribution in [0.4, 0.5) is 17.1 Å². The second kappa shape index (κ2) is 8.61. The molecular weight excluding hydrogens is 326 g/mol. The third-order valence-corrected chi connectivity index (χ3v) is 4.32. The van der Waals surface area contributed by atoms with Gasteiger partial charge in [0, 0.05) is 24.5 Å². The van der Waals surface area contributed by atoms with Gasteiger partial charge < -0.3 is 20.3 Å². The zero-order valence-electron chi connectivity index (χ0n) is 15.5. The van der Waals surface area contributed by atoms with E-state index in [4.69, 9.17) is 4.74 Å². The number of nitrogens with one attached hydrogen (secondary N) is 2. The Morgan fingerprint density at radius 1 is 1.08 bits per heavy atom. The SMILES string of the molecule is CC(C)Oc1ccccc1NC(=O)CNc1ccc(N2CCCC2)cc1. The molecule has 3 rings (SSSR count). The Hall–Kier alpha value is -2.69. The molecular formula is C21H27N3O2. The summed E-state index contributed by atoms with van der Waals surface area (Å²) in [5, 5.41) is 6.08. The first kappa shape index (κ1) is 18.1. The van der Waals surface area contributed by atoms with Crippen LogP contribution >= 0.6 is 0 Å². The summed E-state index contributed by atoms with van der Waals surface area (Å²) in [4.78, 5) is 14.7. The van der Waals surface area contributed by atoms with E-state index in [0.717, 1.165) is 18.8 Å². The number of benzene rings is 2. The first-order chi connectivity index (χ1) is 12.6. The molecule has 0 aliphatic carbocycles. The summed E-state index contributed by atoms with van der Waals surface area (Å²) >= 11 is 0. The summed E-state index contributed by atoms with van der Waals surface area (Å²) in [6.45, 7) is 6.40. The van der Waals surface area contributed by atoms with Crippen molar-refractivity contribution in [3.8, 4) is 5.75 Å². The van der Waals surface area contributed by atoms with Gasteiger partial charge in [-0.25, -0.2) is 0 Å². The molecule has 0 radical (unpaired) electrons. The van der Waals surface area contributed by atoms with Gasteiger partial charge in [0.1, 0.15) is 5.75 Å². The molecule has 26 heavy (non-hydrogen) atoms. The fourth-order valence-electron chi connectivity index (χ4n) is 3.07. The molecule has 2 N–H and O–H groups in total. The summed E-state index contributed by atoms with van der Waals surface area (Å²) in [6.07, 6.45) is 2.59.